The summed E-state index contributed by atoms with van der Waals surface area (Å²) in [5.74, 6) is 0.494. The van der Waals surface area contributed by atoms with E-state index in [9.17, 15) is 9.90 Å². The number of thiazole rings is 1. The van der Waals surface area contributed by atoms with Crippen molar-refractivity contribution < 1.29 is 9.90 Å². The minimum Gasteiger partial charge on any atom is -0.392 e. The molecule has 0 aromatic carbocycles. The van der Waals surface area contributed by atoms with E-state index in [1.54, 1.807) is 11.3 Å². The molecule has 2 fully saturated rings. The molecule has 1 aromatic rings. The summed E-state index contributed by atoms with van der Waals surface area (Å²) in [6.45, 7) is 8.27. The largest absolute Gasteiger partial charge is 0.392 e. The van der Waals surface area contributed by atoms with E-state index in [0.717, 1.165) is 50.9 Å². The summed E-state index contributed by atoms with van der Waals surface area (Å²) in [6, 6.07) is 0. The van der Waals surface area contributed by atoms with Gasteiger partial charge < -0.3 is 15.7 Å². The highest BCUT2D eigenvalue weighted by Gasteiger charge is 2.54. The molecule has 0 bridgehead atoms. The maximum Gasteiger partial charge on any atom is 0.225 e. The maximum absolute atomic E-state index is 12.9. The van der Waals surface area contributed by atoms with E-state index in [4.69, 9.17) is 5.73 Å². The lowest BCUT2D eigenvalue weighted by atomic mass is 9.53. The van der Waals surface area contributed by atoms with E-state index in [1.807, 2.05) is 11.8 Å². The highest BCUT2D eigenvalue weighted by molar-refractivity contribution is 7.15. The number of aromatic nitrogens is 1. The fraction of sp³-hybridized carbons (Fsp3) is 0.800. The van der Waals surface area contributed by atoms with E-state index in [0.29, 0.717) is 5.13 Å². The fourth-order valence-corrected chi connectivity index (χ4v) is 7.11. The fourth-order valence-electron chi connectivity index (χ4n) is 5.97. The van der Waals surface area contributed by atoms with Crippen LogP contribution in [0.4, 0.5) is 5.13 Å². The molecule has 1 aliphatic heterocycles. The third-order valence-electron chi connectivity index (χ3n) is 7.39. The Labute approximate surface area is 160 Å². The Morgan fingerprint density at radius 1 is 1.42 bits per heavy atom. The Balaban J connectivity index is 1.58. The second-order valence-corrected chi connectivity index (χ2v) is 10.1. The number of likely N-dealkylation sites (tertiary alicyclic amines) is 1. The number of hydrogen-bond donors (Lipinski definition) is 2. The van der Waals surface area contributed by atoms with Crippen molar-refractivity contribution in [3.05, 3.63) is 10.6 Å². The van der Waals surface area contributed by atoms with Crippen molar-refractivity contribution in [2.75, 3.05) is 18.8 Å². The molecule has 6 atom stereocenters. The van der Waals surface area contributed by atoms with Crippen LogP contribution in [-0.2, 0) is 11.2 Å². The highest BCUT2D eigenvalue weighted by Crippen LogP contribution is 2.57. The zero-order valence-corrected chi connectivity index (χ0v) is 16.9. The number of anilines is 1. The van der Waals surface area contributed by atoms with E-state index in [1.165, 1.54) is 4.88 Å². The molecule has 1 saturated carbocycles. The molecule has 5 nitrogen and oxygen atoms in total. The van der Waals surface area contributed by atoms with Crippen molar-refractivity contribution in [3.63, 3.8) is 0 Å². The molecular formula is C20H31N3O2S. The smallest absolute Gasteiger partial charge is 0.225 e. The quantitative estimate of drug-likeness (QED) is 0.830. The first-order valence-corrected chi connectivity index (χ1v) is 10.9. The van der Waals surface area contributed by atoms with Crippen LogP contribution in [0.5, 0.6) is 0 Å². The van der Waals surface area contributed by atoms with Crippen LogP contribution in [0.3, 0.4) is 0 Å². The Morgan fingerprint density at radius 2 is 2.12 bits per heavy atom. The zero-order chi connectivity index (χ0) is 18.6. The van der Waals surface area contributed by atoms with Gasteiger partial charge in [-0.15, -0.1) is 11.3 Å². The third-order valence-corrected chi connectivity index (χ3v) is 8.29. The van der Waals surface area contributed by atoms with Crippen molar-refractivity contribution in [3.8, 4) is 0 Å². The van der Waals surface area contributed by atoms with Crippen molar-refractivity contribution in [2.45, 2.75) is 64.9 Å². The summed E-state index contributed by atoms with van der Waals surface area (Å²) < 4.78 is 0. The summed E-state index contributed by atoms with van der Waals surface area (Å²) in [6.07, 6.45) is 4.68. The molecule has 0 unspecified atom stereocenters. The van der Waals surface area contributed by atoms with Gasteiger partial charge in [0, 0.05) is 29.8 Å². The number of hydrogen-bond acceptors (Lipinski definition) is 5. The van der Waals surface area contributed by atoms with Gasteiger partial charge in [-0.25, -0.2) is 4.98 Å². The number of carbonyl (C=O) groups excluding carboxylic acids is 1. The van der Waals surface area contributed by atoms with Crippen LogP contribution in [0.1, 0.15) is 62.9 Å². The van der Waals surface area contributed by atoms with E-state index >= 15 is 0 Å². The van der Waals surface area contributed by atoms with Gasteiger partial charge in [-0.2, -0.15) is 0 Å². The molecule has 2 aliphatic carbocycles. The lowest BCUT2D eigenvalue weighted by molar-refractivity contribution is -0.143. The summed E-state index contributed by atoms with van der Waals surface area (Å²) in [5, 5.41) is 12.0. The van der Waals surface area contributed by atoms with E-state index < -0.39 is 6.10 Å². The normalized spacial score (nSPS) is 37.9. The van der Waals surface area contributed by atoms with Gasteiger partial charge in [0.1, 0.15) is 0 Å². The molecule has 144 valence electrons. The van der Waals surface area contributed by atoms with E-state index in [2.05, 4.69) is 18.8 Å². The number of nitrogen functional groups attached to an aromatic ring is 1. The standard InChI is InChI=1S/C20H31N3O2S/c1-11(18(25)23-8-4-5-9-23)13-6-7-20(3)10-14-16(22-19(21)26-14)12(2)15(20)17(13)24/h11-13,15,17,24H,4-10H2,1-3H3,(H2,21,22)/t11-,12+,13-,15+,17-,20+/m0/s1. The number of carbonyl (C=O) groups is 1. The summed E-state index contributed by atoms with van der Waals surface area (Å²) in [5.41, 5.74) is 7.11. The molecule has 3 aliphatic rings. The number of nitrogens with two attached hydrogens (primary N) is 1. The minimum atomic E-state index is -0.457. The molecule has 1 amide bonds. The molecule has 0 radical (unpaired) electrons. The molecule has 1 aromatic heterocycles. The molecule has 3 N–H and O–H groups in total. The molecular weight excluding hydrogens is 346 g/mol. The first-order valence-electron chi connectivity index (χ1n) is 10.0. The predicted molar refractivity (Wildman–Crippen MR) is 104 cm³/mol. The average molecular weight is 378 g/mol. The average Bonchev–Trinajstić information content (AvgIpc) is 3.22. The third kappa shape index (κ3) is 2.76. The number of nitrogens with zero attached hydrogens (tertiary/aromatic N) is 2. The van der Waals surface area contributed by atoms with E-state index in [-0.39, 0.29) is 35.0 Å². The van der Waals surface area contributed by atoms with Crippen LogP contribution in [-0.4, -0.2) is 40.1 Å². The predicted octanol–water partition coefficient (Wildman–Crippen LogP) is 3.04. The number of aliphatic hydroxyl groups is 1. The van der Waals surface area contributed by atoms with Gasteiger partial charge in [-0.05, 0) is 49.4 Å². The molecule has 1 saturated heterocycles. The summed E-state index contributed by atoms with van der Waals surface area (Å²) in [4.78, 5) is 20.8. The Kier molecular flexibility index (Phi) is 4.55. The molecule has 26 heavy (non-hydrogen) atoms. The van der Waals surface area contributed by atoms with Gasteiger partial charge in [0.05, 0.1) is 11.8 Å². The lowest BCUT2D eigenvalue weighted by Gasteiger charge is -2.53. The minimum absolute atomic E-state index is 0.0427. The maximum atomic E-state index is 12.9. The van der Waals surface area contributed by atoms with Crippen LogP contribution in [0.25, 0.3) is 0 Å². The topological polar surface area (TPSA) is 79.5 Å². The molecule has 0 spiro atoms. The van der Waals surface area contributed by atoms with Crippen LogP contribution < -0.4 is 5.73 Å². The summed E-state index contributed by atoms with van der Waals surface area (Å²) in [7, 11) is 0. The first kappa shape index (κ1) is 18.2. The molecule has 6 heteroatoms. The zero-order valence-electron chi connectivity index (χ0n) is 16.1. The number of fused-ring (bicyclic) bond motifs is 2. The SMILES string of the molecule is C[C@H](C(=O)N1CCCC1)[C@@H]1CC[C@]2(C)Cc3sc(N)nc3[C@H](C)[C@@H]2[C@H]1O. The van der Waals surface area contributed by atoms with Gasteiger partial charge in [-0.1, -0.05) is 20.8 Å². The van der Waals surface area contributed by atoms with Crippen LogP contribution in [0.15, 0.2) is 0 Å². The number of rotatable bonds is 2. The molecule has 4 rings (SSSR count). The van der Waals surface area contributed by atoms with Gasteiger partial charge in [-0.3, -0.25) is 4.79 Å². The lowest BCUT2D eigenvalue weighted by Crippen LogP contribution is -2.53. The van der Waals surface area contributed by atoms with Gasteiger partial charge >= 0.3 is 0 Å². The van der Waals surface area contributed by atoms with Crippen molar-refractivity contribution in [2.24, 2.45) is 23.2 Å². The Bertz CT molecular complexity index is 699. The number of aliphatic hydroxyl groups excluding tert-OH is 1. The summed E-state index contributed by atoms with van der Waals surface area (Å²) >= 11 is 1.60. The van der Waals surface area contributed by atoms with Crippen LogP contribution in [0, 0.1) is 23.2 Å². The Morgan fingerprint density at radius 3 is 2.81 bits per heavy atom. The van der Waals surface area contributed by atoms with Crippen molar-refractivity contribution in [1.29, 1.82) is 0 Å². The first-order chi connectivity index (χ1) is 12.3. The van der Waals surface area contributed by atoms with Crippen molar-refractivity contribution >= 4 is 22.4 Å². The van der Waals surface area contributed by atoms with Gasteiger partial charge in [0.2, 0.25) is 5.91 Å². The van der Waals surface area contributed by atoms with Gasteiger partial charge in [0.15, 0.2) is 5.13 Å². The van der Waals surface area contributed by atoms with Crippen LogP contribution >= 0.6 is 11.3 Å². The van der Waals surface area contributed by atoms with Gasteiger partial charge in [0.25, 0.3) is 0 Å². The highest BCUT2D eigenvalue weighted by atomic mass is 32.1. The van der Waals surface area contributed by atoms with Crippen molar-refractivity contribution in [1.82, 2.24) is 9.88 Å². The number of amides is 1. The second-order valence-electron chi connectivity index (χ2n) is 9.02. The second kappa shape index (κ2) is 6.48. The Hall–Kier alpha value is -1.14. The molecule has 2 heterocycles. The monoisotopic (exact) mass is 377 g/mol. The van der Waals surface area contributed by atoms with Crippen LogP contribution in [0.2, 0.25) is 0 Å².